The Labute approximate surface area is 207 Å². The van der Waals surface area contributed by atoms with Gasteiger partial charge >= 0.3 is 6.03 Å². The molecule has 4 amide bonds. The molecule has 0 radical (unpaired) electrons. The summed E-state index contributed by atoms with van der Waals surface area (Å²) in [7, 11) is 0. The van der Waals surface area contributed by atoms with Crippen LogP contribution in [0.1, 0.15) is 39.9 Å². The van der Waals surface area contributed by atoms with E-state index in [1.54, 1.807) is 6.07 Å². The Morgan fingerprint density at radius 1 is 0.861 bits per heavy atom. The molecule has 3 aromatic rings. The number of fused-ring (bicyclic) bond motifs is 2. The smallest absolute Gasteiger partial charge is 0.295 e. The zero-order chi connectivity index (χ0) is 24.8. The van der Waals surface area contributed by atoms with Crippen LogP contribution in [0, 0.1) is 5.82 Å². The predicted octanol–water partition coefficient (Wildman–Crippen LogP) is 4.08. The highest BCUT2D eigenvalue weighted by Crippen LogP contribution is 2.31. The van der Waals surface area contributed by atoms with Gasteiger partial charge in [0.25, 0.3) is 5.91 Å². The van der Waals surface area contributed by atoms with E-state index < -0.39 is 6.03 Å². The topological polar surface area (TPSA) is 73.0 Å². The number of hydrazine groups is 1. The lowest BCUT2D eigenvalue weighted by atomic mass is 9.94. The summed E-state index contributed by atoms with van der Waals surface area (Å²) in [4.78, 5) is 38.9. The van der Waals surface area contributed by atoms with Crippen LogP contribution in [-0.2, 0) is 17.9 Å². The van der Waals surface area contributed by atoms with Gasteiger partial charge in [-0.3, -0.25) is 19.8 Å². The molecule has 7 nitrogen and oxygen atoms in total. The van der Waals surface area contributed by atoms with Gasteiger partial charge in [-0.05, 0) is 46.2 Å². The zero-order valence-electron chi connectivity index (χ0n) is 19.7. The zero-order valence-corrected chi connectivity index (χ0v) is 19.7. The maximum atomic E-state index is 14.2. The van der Waals surface area contributed by atoms with Gasteiger partial charge in [0, 0.05) is 37.0 Å². The van der Waals surface area contributed by atoms with Crippen molar-refractivity contribution < 1.29 is 18.8 Å². The van der Waals surface area contributed by atoms with Crippen LogP contribution in [0.15, 0.2) is 60.7 Å². The van der Waals surface area contributed by atoms with Crippen LogP contribution >= 0.6 is 0 Å². The van der Waals surface area contributed by atoms with Gasteiger partial charge in [0.2, 0.25) is 5.91 Å². The monoisotopic (exact) mass is 484 g/mol. The third kappa shape index (κ3) is 3.93. The molecule has 0 aromatic heterocycles. The maximum absolute atomic E-state index is 14.2. The molecule has 0 aliphatic carbocycles. The van der Waals surface area contributed by atoms with Crippen LogP contribution in [-0.4, -0.2) is 52.4 Å². The second kappa shape index (κ2) is 8.87. The van der Waals surface area contributed by atoms with Crippen molar-refractivity contribution >= 4 is 34.2 Å². The van der Waals surface area contributed by atoms with Crippen molar-refractivity contribution in [3.05, 3.63) is 88.7 Å². The first kappa shape index (κ1) is 22.4. The molecule has 1 N–H and O–H groups in total. The van der Waals surface area contributed by atoms with Gasteiger partial charge < -0.3 is 0 Å². The number of amides is 4. The minimum Gasteiger partial charge on any atom is -0.295 e. The van der Waals surface area contributed by atoms with Crippen molar-refractivity contribution in [3.63, 3.8) is 0 Å². The largest absolute Gasteiger partial charge is 0.342 e. The summed E-state index contributed by atoms with van der Waals surface area (Å²) in [5, 5.41) is 6.59. The molecular formula is C28H25FN4O3. The lowest BCUT2D eigenvalue weighted by Crippen LogP contribution is -2.56. The molecule has 3 aliphatic heterocycles. The van der Waals surface area contributed by atoms with Crippen LogP contribution in [0.4, 0.5) is 9.18 Å². The fourth-order valence-electron chi connectivity index (χ4n) is 5.35. The molecular weight excluding hydrogens is 459 g/mol. The second-order valence-electron chi connectivity index (χ2n) is 9.44. The fraction of sp³-hybridized carbons (Fsp3) is 0.250. The Morgan fingerprint density at radius 3 is 2.50 bits per heavy atom. The van der Waals surface area contributed by atoms with Crippen LogP contribution in [0.5, 0.6) is 0 Å². The molecule has 0 spiro atoms. The molecule has 36 heavy (non-hydrogen) atoms. The van der Waals surface area contributed by atoms with E-state index in [1.807, 2.05) is 36.4 Å². The number of hydrogen-bond acceptors (Lipinski definition) is 4. The van der Waals surface area contributed by atoms with Crippen molar-refractivity contribution in [1.82, 2.24) is 20.2 Å². The Morgan fingerprint density at radius 2 is 1.69 bits per heavy atom. The molecule has 0 saturated carbocycles. The number of carbonyl (C=O) groups excluding carboxylic acids is 3. The SMILES string of the molecule is O=C1CCN(N2Cc3cc(CN4CC=C(c5cccc6c(F)cccc56)CC4)ccc3C2=O)C(=O)N1. The molecule has 0 unspecified atom stereocenters. The number of benzene rings is 3. The maximum Gasteiger partial charge on any atom is 0.342 e. The quantitative estimate of drug-likeness (QED) is 0.606. The van der Waals surface area contributed by atoms with E-state index in [0.717, 1.165) is 48.1 Å². The van der Waals surface area contributed by atoms with E-state index in [4.69, 9.17) is 0 Å². The van der Waals surface area contributed by atoms with Gasteiger partial charge in [-0.2, -0.15) is 0 Å². The van der Waals surface area contributed by atoms with Gasteiger partial charge in [0.1, 0.15) is 5.82 Å². The molecule has 1 fully saturated rings. The second-order valence-corrected chi connectivity index (χ2v) is 9.44. The standard InChI is InChI=1S/C28H25FN4O3/c29-25-6-2-4-23-21(3-1-5-24(23)25)19-9-12-31(13-10-19)16-18-7-8-22-20(15-18)17-33(27(22)35)32-14-11-26(34)30-28(32)36/h1-9,15H,10-14,16-17H2,(H,30,34,36). The van der Waals surface area contributed by atoms with Crippen LogP contribution in [0.2, 0.25) is 0 Å². The van der Waals surface area contributed by atoms with E-state index in [1.165, 1.54) is 21.7 Å². The Kier molecular flexibility index (Phi) is 5.53. The highest BCUT2D eigenvalue weighted by Gasteiger charge is 2.36. The first-order chi connectivity index (χ1) is 17.5. The number of rotatable bonds is 4. The molecule has 6 rings (SSSR count). The minimum absolute atomic E-state index is 0.176. The summed E-state index contributed by atoms with van der Waals surface area (Å²) in [6, 6.07) is 16.3. The summed E-state index contributed by atoms with van der Waals surface area (Å²) >= 11 is 0. The van der Waals surface area contributed by atoms with Crippen molar-refractivity contribution in [3.8, 4) is 0 Å². The summed E-state index contributed by atoms with van der Waals surface area (Å²) in [5.41, 5.74) is 4.90. The van der Waals surface area contributed by atoms with Gasteiger partial charge in [-0.15, -0.1) is 0 Å². The molecule has 0 bridgehead atoms. The first-order valence-corrected chi connectivity index (χ1v) is 12.1. The van der Waals surface area contributed by atoms with E-state index in [2.05, 4.69) is 22.4 Å². The average molecular weight is 485 g/mol. The number of nitrogens with one attached hydrogen (secondary N) is 1. The van der Waals surface area contributed by atoms with E-state index >= 15 is 0 Å². The van der Waals surface area contributed by atoms with E-state index in [9.17, 15) is 18.8 Å². The molecule has 8 heteroatoms. The van der Waals surface area contributed by atoms with Crippen molar-refractivity contribution in [1.29, 1.82) is 0 Å². The van der Waals surface area contributed by atoms with Crippen LogP contribution < -0.4 is 5.32 Å². The lowest BCUT2D eigenvalue weighted by Gasteiger charge is -2.33. The molecule has 1 saturated heterocycles. The van der Waals surface area contributed by atoms with E-state index in [-0.39, 0.29) is 30.6 Å². The number of urea groups is 1. The van der Waals surface area contributed by atoms with Crippen molar-refractivity contribution in [2.75, 3.05) is 19.6 Å². The molecule has 3 heterocycles. The summed E-state index contributed by atoms with van der Waals surface area (Å²) in [6.45, 7) is 2.91. The van der Waals surface area contributed by atoms with Gasteiger partial charge in [0.15, 0.2) is 0 Å². The van der Waals surface area contributed by atoms with Crippen molar-refractivity contribution in [2.24, 2.45) is 0 Å². The number of imide groups is 1. The Balaban J connectivity index is 1.15. The Bertz CT molecular complexity index is 1450. The molecule has 182 valence electrons. The highest BCUT2D eigenvalue weighted by molar-refractivity contribution is 6.02. The molecule has 3 aromatic carbocycles. The van der Waals surface area contributed by atoms with E-state index in [0.29, 0.717) is 17.5 Å². The highest BCUT2D eigenvalue weighted by atomic mass is 19.1. The van der Waals surface area contributed by atoms with Crippen LogP contribution in [0.25, 0.3) is 16.3 Å². The number of nitrogens with zero attached hydrogens (tertiary/aromatic N) is 3. The predicted molar refractivity (Wildman–Crippen MR) is 133 cm³/mol. The molecule has 0 atom stereocenters. The lowest BCUT2D eigenvalue weighted by molar-refractivity contribution is -0.123. The fourth-order valence-corrected chi connectivity index (χ4v) is 5.35. The summed E-state index contributed by atoms with van der Waals surface area (Å²) < 4.78 is 14.2. The Hall–Kier alpha value is -4.04. The number of hydrogen-bond donors (Lipinski definition) is 1. The van der Waals surface area contributed by atoms with Gasteiger partial charge in [0.05, 0.1) is 13.1 Å². The molecule has 3 aliphatic rings. The third-order valence-electron chi connectivity index (χ3n) is 7.19. The first-order valence-electron chi connectivity index (χ1n) is 12.1. The number of carbonyl (C=O) groups is 3. The van der Waals surface area contributed by atoms with Crippen molar-refractivity contribution in [2.45, 2.75) is 25.9 Å². The van der Waals surface area contributed by atoms with Gasteiger partial charge in [-0.25, -0.2) is 19.2 Å². The van der Waals surface area contributed by atoms with Crippen LogP contribution in [0.3, 0.4) is 0 Å². The van der Waals surface area contributed by atoms with Gasteiger partial charge in [-0.1, -0.05) is 48.5 Å². The summed E-state index contributed by atoms with van der Waals surface area (Å²) in [5.74, 6) is -0.748. The minimum atomic E-state index is -0.558. The normalized spacial score (nSPS) is 18.5. The number of halogens is 1. The third-order valence-corrected chi connectivity index (χ3v) is 7.19. The summed E-state index contributed by atoms with van der Waals surface area (Å²) in [6.07, 6.45) is 3.27. The average Bonchev–Trinajstić information content (AvgIpc) is 3.20.